The van der Waals surface area contributed by atoms with Crippen molar-refractivity contribution in [3.05, 3.63) is 35.4 Å². The fourth-order valence-corrected chi connectivity index (χ4v) is 2.09. The minimum absolute atomic E-state index is 0.313. The number of hydrogen-bond acceptors (Lipinski definition) is 3. The van der Waals surface area contributed by atoms with E-state index in [0.29, 0.717) is 12.2 Å². The fraction of sp³-hybridized carbons (Fsp3) is 0.571. The van der Waals surface area contributed by atoms with Gasteiger partial charge in [-0.3, -0.25) is 0 Å². The van der Waals surface area contributed by atoms with E-state index in [-0.39, 0.29) is 0 Å². The first-order valence-electron chi connectivity index (χ1n) is 6.13. The summed E-state index contributed by atoms with van der Waals surface area (Å²) in [6, 6.07) is 3.47. The lowest BCUT2D eigenvalue weighted by molar-refractivity contribution is -0.232. The van der Waals surface area contributed by atoms with Gasteiger partial charge in [0.2, 0.25) is 0 Å². The standard InChI is InChI=1S/C14H18F2O3/c1-9(19-13(2,3)17-4)14(8-18-14)11-6-5-10(15)7-12(11)16/h5-7,9H,8H2,1-4H3/t9-,14-/m1/s1. The van der Waals surface area contributed by atoms with Crippen LogP contribution in [-0.2, 0) is 19.8 Å². The first-order chi connectivity index (χ1) is 8.81. The van der Waals surface area contributed by atoms with Crippen molar-refractivity contribution in [2.24, 2.45) is 0 Å². The molecule has 0 N–H and O–H groups in total. The Kier molecular flexibility index (Phi) is 3.64. The Morgan fingerprint density at radius 2 is 2.00 bits per heavy atom. The number of epoxide rings is 1. The van der Waals surface area contributed by atoms with Crippen LogP contribution in [0, 0.1) is 11.6 Å². The summed E-state index contributed by atoms with van der Waals surface area (Å²) >= 11 is 0. The second-order valence-corrected chi connectivity index (χ2v) is 5.17. The molecule has 1 fully saturated rings. The average Bonchev–Trinajstić information content (AvgIpc) is 3.10. The van der Waals surface area contributed by atoms with Gasteiger partial charge in [-0.05, 0) is 26.8 Å². The zero-order valence-corrected chi connectivity index (χ0v) is 11.5. The summed E-state index contributed by atoms with van der Waals surface area (Å²) in [4.78, 5) is 0. The predicted molar refractivity (Wildman–Crippen MR) is 65.6 cm³/mol. The Morgan fingerprint density at radius 1 is 1.37 bits per heavy atom. The van der Waals surface area contributed by atoms with Gasteiger partial charge in [0.1, 0.15) is 17.2 Å². The molecule has 0 aliphatic carbocycles. The second-order valence-electron chi connectivity index (χ2n) is 5.17. The van der Waals surface area contributed by atoms with Gasteiger partial charge >= 0.3 is 0 Å². The molecule has 0 radical (unpaired) electrons. The zero-order valence-electron chi connectivity index (χ0n) is 11.5. The van der Waals surface area contributed by atoms with Crippen LogP contribution in [-0.4, -0.2) is 25.6 Å². The maximum absolute atomic E-state index is 13.9. The SMILES string of the molecule is COC(C)(C)O[C@H](C)[C@@]1(c2ccc(F)cc2F)CO1. The highest BCUT2D eigenvalue weighted by Gasteiger charge is 2.54. The molecule has 106 valence electrons. The van der Waals surface area contributed by atoms with Crippen LogP contribution in [0.4, 0.5) is 8.78 Å². The smallest absolute Gasteiger partial charge is 0.162 e. The molecular formula is C14H18F2O3. The van der Waals surface area contributed by atoms with Gasteiger partial charge in [-0.2, -0.15) is 0 Å². The molecule has 0 amide bonds. The third-order valence-corrected chi connectivity index (χ3v) is 3.45. The van der Waals surface area contributed by atoms with Gasteiger partial charge in [-0.15, -0.1) is 0 Å². The molecule has 1 aliphatic rings. The topological polar surface area (TPSA) is 31.0 Å². The van der Waals surface area contributed by atoms with E-state index in [1.807, 2.05) is 0 Å². The normalized spacial score (nSPS) is 24.3. The van der Waals surface area contributed by atoms with Crippen LogP contribution >= 0.6 is 0 Å². The maximum Gasteiger partial charge on any atom is 0.162 e. The second kappa shape index (κ2) is 4.81. The van der Waals surface area contributed by atoms with Crippen molar-refractivity contribution in [3.8, 4) is 0 Å². The molecule has 1 heterocycles. The molecule has 19 heavy (non-hydrogen) atoms. The largest absolute Gasteiger partial charge is 0.362 e. The third-order valence-electron chi connectivity index (χ3n) is 3.45. The molecule has 1 aromatic rings. The van der Waals surface area contributed by atoms with E-state index in [2.05, 4.69) is 0 Å². The quantitative estimate of drug-likeness (QED) is 0.610. The van der Waals surface area contributed by atoms with Gasteiger partial charge in [0, 0.05) is 18.7 Å². The molecule has 1 aromatic carbocycles. The summed E-state index contributed by atoms with van der Waals surface area (Å²) in [5.41, 5.74) is -0.540. The Morgan fingerprint density at radius 3 is 2.47 bits per heavy atom. The third kappa shape index (κ3) is 2.78. The van der Waals surface area contributed by atoms with Crippen molar-refractivity contribution in [1.82, 2.24) is 0 Å². The highest BCUT2D eigenvalue weighted by atomic mass is 19.1. The highest BCUT2D eigenvalue weighted by Crippen LogP contribution is 2.45. The Bertz CT molecular complexity index is 470. The molecule has 0 spiro atoms. The van der Waals surface area contributed by atoms with Gasteiger partial charge < -0.3 is 14.2 Å². The van der Waals surface area contributed by atoms with Crippen molar-refractivity contribution in [3.63, 3.8) is 0 Å². The molecule has 0 bridgehead atoms. The molecular weight excluding hydrogens is 254 g/mol. The highest BCUT2D eigenvalue weighted by molar-refractivity contribution is 5.30. The summed E-state index contributed by atoms with van der Waals surface area (Å²) in [7, 11) is 1.53. The van der Waals surface area contributed by atoms with Crippen molar-refractivity contribution in [1.29, 1.82) is 0 Å². The molecule has 2 atom stereocenters. The summed E-state index contributed by atoms with van der Waals surface area (Å²) < 4.78 is 43.1. The molecule has 0 unspecified atom stereocenters. The summed E-state index contributed by atoms with van der Waals surface area (Å²) in [6.45, 7) is 5.66. The number of ether oxygens (including phenoxy) is 3. The number of benzene rings is 1. The first-order valence-corrected chi connectivity index (χ1v) is 6.13. The monoisotopic (exact) mass is 272 g/mol. The summed E-state index contributed by atoms with van der Waals surface area (Å²) in [6.07, 6.45) is -0.414. The average molecular weight is 272 g/mol. The van der Waals surface area contributed by atoms with E-state index in [4.69, 9.17) is 14.2 Å². The fourth-order valence-electron chi connectivity index (χ4n) is 2.09. The van der Waals surface area contributed by atoms with Crippen LogP contribution in [0.5, 0.6) is 0 Å². The Labute approximate surface area is 111 Å². The van der Waals surface area contributed by atoms with Crippen molar-refractivity contribution in [2.75, 3.05) is 13.7 Å². The minimum Gasteiger partial charge on any atom is -0.362 e. The van der Waals surface area contributed by atoms with E-state index in [1.54, 1.807) is 20.8 Å². The summed E-state index contributed by atoms with van der Waals surface area (Å²) in [5.74, 6) is -2.03. The van der Waals surface area contributed by atoms with E-state index in [9.17, 15) is 8.78 Å². The molecule has 3 nitrogen and oxygen atoms in total. The maximum atomic E-state index is 13.9. The van der Waals surface area contributed by atoms with Crippen LogP contribution < -0.4 is 0 Å². The lowest BCUT2D eigenvalue weighted by Gasteiger charge is -2.31. The van der Waals surface area contributed by atoms with Crippen LogP contribution in [0.3, 0.4) is 0 Å². The zero-order chi connectivity index (χ0) is 14.3. The lowest BCUT2D eigenvalue weighted by atomic mass is 9.94. The van der Waals surface area contributed by atoms with E-state index < -0.39 is 29.1 Å². The number of rotatable bonds is 5. The van der Waals surface area contributed by atoms with Gasteiger partial charge in [-0.1, -0.05) is 6.07 Å². The lowest BCUT2D eigenvalue weighted by Crippen LogP contribution is -2.38. The van der Waals surface area contributed by atoms with Gasteiger partial charge in [0.25, 0.3) is 0 Å². The van der Waals surface area contributed by atoms with Crippen LogP contribution in [0.1, 0.15) is 26.3 Å². The van der Waals surface area contributed by atoms with Crippen molar-refractivity contribution >= 4 is 0 Å². The number of methoxy groups -OCH3 is 1. The molecule has 1 aliphatic heterocycles. The molecule has 0 aromatic heterocycles. The van der Waals surface area contributed by atoms with Crippen LogP contribution in [0.15, 0.2) is 18.2 Å². The number of hydrogen-bond donors (Lipinski definition) is 0. The van der Waals surface area contributed by atoms with Crippen LogP contribution in [0.25, 0.3) is 0 Å². The van der Waals surface area contributed by atoms with Crippen molar-refractivity contribution < 1.29 is 23.0 Å². The number of halogens is 2. The van der Waals surface area contributed by atoms with E-state index >= 15 is 0 Å². The minimum atomic E-state index is -0.854. The van der Waals surface area contributed by atoms with Gasteiger partial charge in [0.05, 0.1) is 12.7 Å². The first kappa shape index (κ1) is 14.4. The molecule has 2 rings (SSSR count). The van der Waals surface area contributed by atoms with E-state index in [0.717, 1.165) is 6.07 Å². The molecule has 0 saturated carbocycles. The van der Waals surface area contributed by atoms with Crippen molar-refractivity contribution in [2.45, 2.75) is 38.3 Å². The van der Waals surface area contributed by atoms with Crippen LogP contribution in [0.2, 0.25) is 0 Å². The summed E-state index contributed by atoms with van der Waals surface area (Å²) in [5, 5.41) is 0. The molecule has 5 heteroatoms. The molecule has 1 saturated heterocycles. The Hall–Kier alpha value is -1.04. The van der Waals surface area contributed by atoms with Gasteiger partial charge in [0.15, 0.2) is 5.79 Å². The van der Waals surface area contributed by atoms with Gasteiger partial charge in [-0.25, -0.2) is 8.78 Å². The van der Waals surface area contributed by atoms with E-state index in [1.165, 1.54) is 19.2 Å². The Balaban J connectivity index is 2.23. The predicted octanol–water partition coefficient (Wildman–Crippen LogP) is 2.98.